The number of benzene rings is 1. The van der Waals surface area contributed by atoms with E-state index in [9.17, 15) is 17.6 Å². The third kappa shape index (κ3) is 5.99. The Morgan fingerprint density at radius 1 is 1.23 bits per heavy atom. The predicted octanol–water partition coefficient (Wildman–Crippen LogP) is 3.95. The summed E-state index contributed by atoms with van der Waals surface area (Å²) in [5, 5.41) is -0.152. The minimum atomic E-state index is -3.98. The van der Waals surface area contributed by atoms with E-state index in [1.54, 1.807) is 33.9 Å². The van der Waals surface area contributed by atoms with Crippen molar-refractivity contribution >= 4 is 15.7 Å². The van der Waals surface area contributed by atoms with Crippen LogP contribution in [0.1, 0.15) is 43.7 Å². The van der Waals surface area contributed by atoms with Gasteiger partial charge in [-0.15, -0.1) is 0 Å². The SMILES string of the molecule is CC(C)C(=O)N(Cc1ccco1)Cc1cnc(S(=O)(=O)Cc2ccccc2F)n1C[C@H]1CCCO1. The molecule has 1 aliphatic heterocycles. The quantitative estimate of drug-likeness (QED) is 0.416. The number of furan rings is 1. The van der Waals surface area contributed by atoms with Gasteiger partial charge >= 0.3 is 0 Å². The maximum absolute atomic E-state index is 14.2. The van der Waals surface area contributed by atoms with Crippen LogP contribution in [0, 0.1) is 11.7 Å². The number of imidazole rings is 1. The van der Waals surface area contributed by atoms with Crippen molar-refractivity contribution in [1.29, 1.82) is 0 Å². The van der Waals surface area contributed by atoms with Crippen molar-refractivity contribution in [3.05, 3.63) is 71.7 Å². The summed E-state index contributed by atoms with van der Waals surface area (Å²) in [5.74, 6) is -0.828. The molecule has 0 N–H and O–H groups in total. The van der Waals surface area contributed by atoms with E-state index in [2.05, 4.69) is 4.98 Å². The fourth-order valence-electron chi connectivity index (χ4n) is 4.20. The molecule has 1 atom stereocenters. The summed E-state index contributed by atoms with van der Waals surface area (Å²) in [7, 11) is -3.98. The molecule has 0 unspecified atom stereocenters. The van der Waals surface area contributed by atoms with Crippen LogP contribution in [0.15, 0.2) is 58.4 Å². The summed E-state index contributed by atoms with van der Waals surface area (Å²) in [4.78, 5) is 18.9. The molecule has 3 aromatic rings. The topological polar surface area (TPSA) is 94.6 Å². The van der Waals surface area contributed by atoms with E-state index < -0.39 is 21.4 Å². The van der Waals surface area contributed by atoms with Gasteiger partial charge in [-0.1, -0.05) is 32.0 Å². The Labute approximate surface area is 204 Å². The van der Waals surface area contributed by atoms with Crippen LogP contribution in [-0.2, 0) is 44.8 Å². The normalized spacial score (nSPS) is 16.2. The first-order valence-corrected chi connectivity index (χ1v) is 13.3. The molecule has 2 aromatic heterocycles. The van der Waals surface area contributed by atoms with Crippen molar-refractivity contribution < 1.29 is 26.8 Å². The zero-order valence-electron chi connectivity index (χ0n) is 19.9. The van der Waals surface area contributed by atoms with Crippen LogP contribution in [0.3, 0.4) is 0 Å². The lowest BCUT2D eigenvalue weighted by Crippen LogP contribution is -2.34. The molecule has 1 aromatic carbocycles. The van der Waals surface area contributed by atoms with E-state index in [1.807, 2.05) is 13.8 Å². The largest absolute Gasteiger partial charge is 0.467 e. The number of hydrogen-bond donors (Lipinski definition) is 0. The number of aromatic nitrogens is 2. The third-order valence-electron chi connectivity index (χ3n) is 5.98. The van der Waals surface area contributed by atoms with Crippen LogP contribution in [0.25, 0.3) is 0 Å². The van der Waals surface area contributed by atoms with Gasteiger partial charge in [-0.25, -0.2) is 17.8 Å². The summed E-state index contributed by atoms with van der Waals surface area (Å²) in [6.07, 6.45) is 4.55. The smallest absolute Gasteiger partial charge is 0.228 e. The number of carbonyl (C=O) groups excluding carboxylic acids is 1. The molecule has 1 saturated heterocycles. The van der Waals surface area contributed by atoms with Gasteiger partial charge in [-0.3, -0.25) is 4.79 Å². The number of carbonyl (C=O) groups is 1. The average molecular weight is 504 g/mol. The van der Waals surface area contributed by atoms with Crippen molar-refractivity contribution in [2.45, 2.75) is 63.3 Å². The van der Waals surface area contributed by atoms with E-state index in [-0.39, 0.29) is 48.3 Å². The molecule has 10 heteroatoms. The molecule has 0 spiro atoms. The van der Waals surface area contributed by atoms with Crippen LogP contribution < -0.4 is 0 Å². The zero-order valence-corrected chi connectivity index (χ0v) is 20.7. The molecule has 4 rings (SSSR count). The predicted molar refractivity (Wildman–Crippen MR) is 126 cm³/mol. The molecule has 1 aliphatic rings. The number of ether oxygens (including phenoxy) is 1. The van der Waals surface area contributed by atoms with Gasteiger partial charge in [0, 0.05) is 18.1 Å². The van der Waals surface area contributed by atoms with Crippen molar-refractivity contribution in [3.8, 4) is 0 Å². The minimum absolute atomic E-state index is 0.0788. The monoisotopic (exact) mass is 503 g/mol. The molecule has 1 fully saturated rings. The van der Waals surface area contributed by atoms with Gasteiger partial charge in [0.2, 0.25) is 20.9 Å². The lowest BCUT2D eigenvalue weighted by molar-refractivity contribution is -0.136. The van der Waals surface area contributed by atoms with Gasteiger partial charge in [0.1, 0.15) is 11.6 Å². The summed E-state index contributed by atoms with van der Waals surface area (Å²) in [6, 6.07) is 9.34. The molecule has 0 saturated carbocycles. The number of hydrogen-bond acceptors (Lipinski definition) is 6. The zero-order chi connectivity index (χ0) is 25.0. The van der Waals surface area contributed by atoms with Crippen molar-refractivity contribution in [3.63, 3.8) is 0 Å². The third-order valence-corrected chi connectivity index (χ3v) is 7.55. The van der Waals surface area contributed by atoms with E-state index in [0.29, 0.717) is 18.1 Å². The number of rotatable bonds is 10. The van der Waals surface area contributed by atoms with E-state index in [4.69, 9.17) is 9.15 Å². The van der Waals surface area contributed by atoms with Crippen LogP contribution in [0.5, 0.6) is 0 Å². The first-order valence-electron chi connectivity index (χ1n) is 11.7. The number of sulfone groups is 1. The molecule has 0 aliphatic carbocycles. The first-order chi connectivity index (χ1) is 16.7. The highest BCUT2D eigenvalue weighted by Gasteiger charge is 2.29. The van der Waals surface area contributed by atoms with Gasteiger partial charge in [0.15, 0.2) is 0 Å². The average Bonchev–Trinajstić information content (AvgIpc) is 3.58. The Morgan fingerprint density at radius 3 is 2.69 bits per heavy atom. The Kier molecular flexibility index (Phi) is 7.71. The summed E-state index contributed by atoms with van der Waals surface area (Å²) in [6.45, 7) is 4.91. The fraction of sp³-hybridized carbons (Fsp3) is 0.440. The second kappa shape index (κ2) is 10.7. The minimum Gasteiger partial charge on any atom is -0.467 e. The summed E-state index contributed by atoms with van der Waals surface area (Å²) >= 11 is 0. The highest BCUT2D eigenvalue weighted by molar-refractivity contribution is 7.90. The maximum Gasteiger partial charge on any atom is 0.228 e. The Balaban J connectivity index is 1.68. The van der Waals surface area contributed by atoms with Crippen molar-refractivity contribution in [2.75, 3.05) is 6.61 Å². The number of amides is 1. The maximum atomic E-state index is 14.2. The van der Waals surface area contributed by atoms with Gasteiger partial charge < -0.3 is 18.6 Å². The molecule has 0 radical (unpaired) electrons. The van der Waals surface area contributed by atoms with Gasteiger partial charge in [0.25, 0.3) is 0 Å². The Bertz CT molecular complexity index is 1250. The van der Waals surface area contributed by atoms with Crippen LogP contribution >= 0.6 is 0 Å². The second-order valence-corrected chi connectivity index (χ2v) is 10.9. The van der Waals surface area contributed by atoms with E-state index >= 15 is 0 Å². The Morgan fingerprint density at radius 2 is 2.03 bits per heavy atom. The molecular weight excluding hydrogens is 473 g/mol. The summed E-state index contributed by atoms with van der Waals surface area (Å²) < 4.78 is 53.7. The molecule has 35 heavy (non-hydrogen) atoms. The summed E-state index contributed by atoms with van der Waals surface area (Å²) in [5.41, 5.74) is 0.642. The van der Waals surface area contributed by atoms with Gasteiger partial charge in [0.05, 0.1) is 49.6 Å². The molecule has 188 valence electrons. The first kappa shape index (κ1) is 25.1. The highest BCUT2D eigenvalue weighted by Crippen LogP contribution is 2.24. The molecule has 3 heterocycles. The van der Waals surface area contributed by atoms with Crippen LogP contribution in [-0.4, -0.2) is 41.5 Å². The second-order valence-electron chi connectivity index (χ2n) is 9.06. The van der Waals surface area contributed by atoms with Gasteiger partial charge in [-0.05, 0) is 31.0 Å². The van der Waals surface area contributed by atoms with E-state index in [0.717, 1.165) is 12.8 Å². The number of nitrogens with zero attached hydrogens (tertiary/aromatic N) is 3. The van der Waals surface area contributed by atoms with Gasteiger partial charge in [-0.2, -0.15) is 0 Å². The molecule has 8 nitrogen and oxygen atoms in total. The van der Waals surface area contributed by atoms with Crippen LogP contribution in [0.4, 0.5) is 4.39 Å². The highest BCUT2D eigenvalue weighted by atomic mass is 32.2. The van der Waals surface area contributed by atoms with E-state index in [1.165, 1.54) is 24.4 Å². The fourth-order valence-corrected chi connectivity index (χ4v) is 5.71. The van der Waals surface area contributed by atoms with Crippen molar-refractivity contribution in [1.82, 2.24) is 14.5 Å². The standard InChI is InChI=1S/C25H30FN3O5S/c1-18(2)24(30)28(15-21-8-5-11-33-21)14-20-13-27-25(29(20)16-22-9-6-12-34-22)35(31,32)17-19-7-3-4-10-23(19)26/h3-5,7-8,10-11,13,18,22H,6,9,12,14-17H2,1-2H3/t22-/m1/s1. The number of halogens is 1. The van der Waals surface area contributed by atoms with Crippen molar-refractivity contribution in [2.24, 2.45) is 5.92 Å². The lowest BCUT2D eigenvalue weighted by atomic mass is 10.1. The molecule has 1 amide bonds. The molecular formula is C25H30FN3O5S. The lowest BCUT2D eigenvalue weighted by Gasteiger charge is -2.25. The molecule has 0 bridgehead atoms. The van der Waals surface area contributed by atoms with Crippen LogP contribution in [0.2, 0.25) is 0 Å². The Hall–Kier alpha value is -2.98.